The van der Waals surface area contributed by atoms with Gasteiger partial charge in [-0.25, -0.2) is 9.82 Å². The van der Waals surface area contributed by atoms with E-state index in [1.165, 1.54) is 17.7 Å². The second kappa shape index (κ2) is 8.41. The van der Waals surface area contributed by atoms with Crippen molar-refractivity contribution in [3.05, 3.63) is 81.6 Å². The van der Waals surface area contributed by atoms with Gasteiger partial charge in [0.05, 0.1) is 12.1 Å². The van der Waals surface area contributed by atoms with Crippen molar-refractivity contribution in [3.8, 4) is 0 Å². The molecule has 134 valence electrons. The minimum Gasteiger partial charge on any atom is -0.273 e. The summed E-state index contributed by atoms with van der Waals surface area (Å²) in [6, 6.07) is 14.1. The third-order valence-corrected chi connectivity index (χ3v) is 5.17. The van der Waals surface area contributed by atoms with Crippen LogP contribution in [0.15, 0.2) is 69.8 Å². The molecule has 2 atom stereocenters. The van der Waals surface area contributed by atoms with E-state index in [0.29, 0.717) is 6.42 Å². The molecule has 26 heavy (non-hydrogen) atoms. The highest BCUT2D eigenvalue weighted by Crippen LogP contribution is 2.37. The van der Waals surface area contributed by atoms with Gasteiger partial charge in [0.2, 0.25) is 5.91 Å². The minimum atomic E-state index is -0.267. The van der Waals surface area contributed by atoms with Crippen LogP contribution in [0.3, 0.4) is 0 Å². The second-order valence-electron chi connectivity index (χ2n) is 6.54. The molecular formula is C21H20BrFN2O. The molecular weight excluding hydrogens is 395 g/mol. The van der Waals surface area contributed by atoms with Gasteiger partial charge in [0, 0.05) is 4.47 Å². The number of nitrogens with one attached hydrogen (secondary N) is 1. The summed E-state index contributed by atoms with van der Waals surface area (Å²) >= 11 is 3.38. The van der Waals surface area contributed by atoms with Crippen molar-refractivity contribution in [1.29, 1.82) is 0 Å². The number of hydrazone groups is 1. The number of rotatable bonds is 4. The van der Waals surface area contributed by atoms with Crippen LogP contribution < -0.4 is 5.43 Å². The number of carbonyl (C=O) groups excluding carboxylic acids is 1. The first-order chi connectivity index (χ1) is 12.5. The Balaban J connectivity index is 1.71. The molecule has 0 radical (unpaired) electrons. The van der Waals surface area contributed by atoms with Gasteiger partial charge in [0.25, 0.3) is 0 Å². The van der Waals surface area contributed by atoms with E-state index in [1.54, 1.807) is 18.3 Å². The number of halogens is 2. The Morgan fingerprint density at radius 3 is 2.58 bits per heavy atom. The molecule has 2 unspecified atom stereocenters. The zero-order chi connectivity index (χ0) is 18.5. The molecule has 5 heteroatoms. The molecule has 1 aliphatic rings. The smallest absolute Gasteiger partial charge is 0.244 e. The van der Waals surface area contributed by atoms with Crippen LogP contribution in [-0.4, -0.2) is 12.1 Å². The summed E-state index contributed by atoms with van der Waals surface area (Å²) in [7, 11) is 0. The molecule has 0 spiro atoms. The Morgan fingerprint density at radius 1 is 1.19 bits per heavy atom. The van der Waals surface area contributed by atoms with Crippen molar-refractivity contribution in [1.82, 2.24) is 5.43 Å². The summed E-state index contributed by atoms with van der Waals surface area (Å²) in [5, 5.41) is 4.09. The molecule has 2 aromatic carbocycles. The average Bonchev–Trinajstić information content (AvgIpc) is 2.64. The van der Waals surface area contributed by atoms with Crippen molar-refractivity contribution >= 4 is 28.1 Å². The minimum absolute atomic E-state index is 0.0310. The molecule has 2 aromatic rings. The normalized spacial score (nSPS) is 20.0. The number of nitrogens with zero attached hydrogens (tertiary/aromatic N) is 1. The van der Waals surface area contributed by atoms with Crippen molar-refractivity contribution in [2.24, 2.45) is 11.0 Å². The van der Waals surface area contributed by atoms with Gasteiger partial charge in [-0.15, -0.1) is 0 Å². The van der Waals surface area contributed by atoms with Crippen LogP contribution in [-0.2, 0) is 4.79 Å². The zero-order valence-corrected chi connectivity index (χ0v) is 16.0. The fourth-order valence-electron chi connectivity index (χ4n) is 3.22. The van der Waals surface area contributed by atoms with Gasteiger partial charge in [0.1, 0.15) is 5.82 Å². The third kappa shape index (κ3) is 4.67. The van der Waals surface area contributed by atoms with E-state index in [2.05, 4.69) is 39.5 Å². The van der Waals surface area contributed by atoms with E-state index in [1.807, 2.05) is 24.3 Å². The van der Waals surface area contributed by atoms with E-state index < -0.39 is 0 Å². The van der Waals surface area contributed by atoms with E-state index in [9.17, 15) is 9.18 Å². The summed E-state index contributed by atoms with van der Waals surface area (Å²) in [5.41, 5.74) is 5.80. The average molecular weight is 415 g/mol. The maximum absolute atomic E-state index is 13.2. The Kier molecular flexibility index (Phi) is 5.99. The van der Waals surface area contributed by atoms with Gasteiger partial charge < -0.3 is 0 Å². The SMILES string of the molecule is CC1=CCC(C(=O)NN=Cc2ccc(Br)cc2)C(c2ccc(F)cc2)C1. The third-order valence-electron chi connectivity index (χ3n) is 4.64. The maximum atomic E-state index is 13.2. The zero-order valence-electron chi connectivity index (χ0n) is 14.5. The summed E-state index contributed by atoms with van der Waals surface area (Å²) in [4.78, 5) is 12.7. The van der Waals surface area contributed by atoms with Gasteiger partial charge in [-0.3, -0.25) is 4.79 Å². The summed E-state index contributed by atoms with van der Waals surface area (Å²) < 4.78 is 14.2. The first-order valence-corrected chi connectivity index (χ1v) is 9.32. The van der Waals surface area contributed by atoms with Crippen molar-refractivity contribution in [3.63, 3.8) is 0 Å². The number of allylic oxidation sites excluding steroid dienone is 2. The Labute approximate surface area is 161 Å². The quantitative estimate of drug-likeness (QED) is 0.418. The largest absolute Gasteiger partial charge is 0.273 e. The van der Waals surface area contributed by atoms with Crippen LogP contribution >= 0.6 is 15.9 Å². The standard InChI is InChI=1S/C21H20BrFN2O/c1-14-2-11-19(20(12-14)16-5-9-18(23)10-6-16)21(26)25-24-13-15-3-7-17(22)8-4-15/h2-10,13,19-20H,11-12H2,1H3,(H,25,26). The molecule has 1 amide bonds. The number of carbonyl (C=O) groups is 1. The Bertz CT molecular complexity index is 828. The molecule has 3 nitrogen and oxygen atoms in total. The van der Waals surface area contributed by atoms with Crippen molar-refractivity contribution < 1.29 is 9.18 Å². The van der Waals surface area contributed by atoms with Gasteiger partial charge in [-0.1, -0.05) is 51.8 Å². The molecule has 3 rings (SSSR count). The summed E-state index contributed by atoms with van der Waals surface area (Å²) in [6.07, 6.45) is 5.18. The predicted octanol–water partition coefficient (Wildman–Crippen LogP) is 5.18. The van der Waals surface area contributed by atoms with Crippen LogP contribution in [0, 0.1) is 11.7 Å². The topological polar surface area (TPSA) is 41.5 Å². The molecule has 0 bridgehead atoms. The molecule has 1 N–H and O–H groups in total. The van der Waals surface area contributed by atoms with E-state index in [-0.39, 0.29) is 23.6 Å². The molecule has 0 aromatic heterocycles. The van der Waals surface area contributed by atoms with E-state index in [0.717, 1.165) is 22.0 Å². The highest BCUT2D eigenvalue weighted by atomic mass is 79.9. The molecule has 0 aliphatic heterocycles. The lowest BCUT2D eigenvalue weighted by Crippen LogP contribution is -2.33. The number of amides is 1. The van der Waals surface area contributed by atoms with Gasteiger partial charge in [0.15, 0.2) is 0 Å². The summed E-state index contributed by atoms with van der Waals surface area (Å²) in [6.45, 7) is 2.07. The lowest BCUT2D eigenvalue weighted by molar-refractivity contribution is -0.125. The Hall–Kier alpha value is -2.27. The highest BCUT2D eigenvalue weighted by molar-refractivity contribution is 9.10. The molecule has 0 fully saturated rings. The second-order valence-corrected chi connectivity index (χ2v) is 7.46. The molecule has 1 aliphatic carbocycles. The monoisotopic (exact) mass is 414 g/mol. The lowest BCUT2D eigenvalue weighted by Gasteiger charge is -2.29. The number of benzene rings is 2. The van der Waals surface area contributed by atoms with E-state index >= 15 is 0 Å². The maximum Gasteiger partial charge on any atom is 0.244 e. The fraction of sp³-hybridized carbons (Fsp3) is 0.238. The first kappa shape index (κ1) is 18.5. The molecule has 0 heterocycles. The van der Waals surface area contributed by atoms with Crippen molar-refractivity contribution in [2.45, 2.75) is 25.7 Å². The van der Waals surface area contributed by atoms with E-state index in [4.69, 9.17) is 0 Å². The lowest BCUT2D eigenvalue weighted by atomic mass is 9.75. The fourth-order valence-corrected chi connectivity index (χ4v) is 3.48. The molecule has 0 saturated heterocycles. The molecule has 0 saturated carbocycles. The predicted molar refractivity (Wildman–Crippen MR) is 106 cm³/mol. The van der Waals surface area contributed by atoms with Crippen LogP contribution in [0.5, 0.6) is 0 Å². The van der Waals surface area contributed by atoms with Crippen LogP contribution in [0.4, 0.5) is 4.39 Å². The van der Waals surface area contributed by atoms with Gasteiger partial charge in [-0.2, -0.15) is 5.10 Å². The van der Waals surface area contributed by atoms with Gasteiger partial charge in [-0.05, 0) is 61.1 Å². The highest BCUT2D eigenvalue weighted by Gasteiger charge is 2.31. The van der Waals surface area contributed by atoms with Gasteiger partial charge >= 0.3 is 0 Å². The number of hydrogen-bond donors (Lipinski definition) is 1. The first-order valence-electron chi connectivity index (χ1n) is 8.52. The van der Waals surface area contributed by atoms with Crippen LogP contribution in [0.2, 0.25) is 0 Å². The Morgan fingerprint density at radius 2 is 1.88 bits per heavy atom. The van der Waals surface area contributed by atoms with Crippen LogP contribution in [0.25, 0.3) is 0 Å². The van der Waals surface area contributed by atoms with Crippen LogP contribution in [0.1, 0.15) is 36.8 Å². The van der Waals surface area contributed by atoms with Crippen molar-refractivity contribution in [2.75, 3.05) is 0 Å². The number of hydrogen-bond acceptors (Lipinski definition) is 2. The summed E-state index contributed by atoms with van der Waals surface area (Å²) in [5.74, 6) is -0.567.